The van der Waals surface area contributed by atoms with Crippen LogP contribution in [0.1, 0.15) is 10.9 Å². The van der Waals surface area contributed by atoms with Crippen molar-refractivity contribution >= 4 is 23.6 Å². The summed E-state index contributed by atoms with van der Waals surface area (Å²) in [5.41, 5.74) is 0.951. The molecule has 0 aliphatic carbocycles. The average Bonchev–Trinajstić information content (AvgIpc) is 2.88. The molecular weight excluding hydrogens is 304 g/mol. The number of carbonyl (C=O) groups is 2. The summed E-state index contributed by atoms with van der Waals surface area (Å²) < 4.78 is 11.1. The van der Waals surface area contributed by atoms with Crippen LogP contribution in [0.4, 0.5) is 0 Å². The molecule has 2 amide bonds. The zero-order valence-electron chi connectivity index (χ0n) is 12.6. The summed E-state index contributed by atoms with van der Waals surface area (Å²) in [7, 11) is 3.38. The predicted octanol–water partition coefficient (Wildman–Crippen LogP) is 1.12. The smallest absolute Gasteiger partial charge is 0.241 e. The van der Waals surface area contributed by atoms with E-state index in [1.807, 2.05) is 18.2 Å². The van der Waals surface area contributed by atoms with Gasteiger partial charge in [0.05, 0.1) is 5.75 Å². The molecule has 22 heavy (non-hydrogen) atoms. The van der Waals surface area contributed by atoms with Gasteiger partial charge in [-0.05, 0) is 17.7 Å². The number of thioether (sulfide) groups is 1. The lowest BCUT2D eigenvalue weighted by Crippen LogP contribution is -2.38. The molecule has 0 N–H and O–H groups in total. The van der Waals surface area contributed by atoms with Crippen molar-refractivity contribution in [3.63, 3.8) is 0 Å². The molecule has 0 radical (unpaired) electrons. The summed E-state index contributed by atoms with van der Waals surface area (Å²) >= 11 is 1.53. The van der Waals surface area contributed by atoms with Crippen LogP contribution in [-0.4, -0.2) is 61.2 Å². The van der Waals surface area contributed by atoms with E-state index in [0.29, 0.717) is 24.7 Å². The van der Waals surface area contributed by atoms with Gasteiger partial charge in [-0.1, -0.05) is 6.07 Å². The zero-order valence-corrected chi connectivity index (χ0v) is 13.4. The molecule has 7 heteroatoms. The number of carbonyl (C=O) groups excluding carboxylic acids is 2. The number of nitrogens with zero attached hydrogens (tertiary/aromatic N) is 2. The summed E-state index contributed by atoms with van der Waals surface area (Å²) in [6.45, 7) is 1.17. The Morgan fingerprint density at radius 3 is 2.77 bits per heavy atom. The normalized spacial score (nSPS) is 20.2. The first-order valence-electron chi connectivity index (χ1n) is 7.07. The van der Waals surface area contributed by atoms with Gasteiger partial charge >= 0.3 is 0 Å². The highest BCUT2D eigenvalue weighted by Crippen LogP contribution is 2.42. The Morgan fingerprint density at radius 2 is 2.05 bits per heavy atom. The maximum atomic E-state index is 12.1. The lowest BCUT2D eigenvalue weighted by atomic mass is 10.1. The topological polar surface area (TPSA) is 59.1 Å². The lowest BCUT2D eigenvalue weighted by Gasteiger charge is -2.26. The van der Waals surface area contributed by atoms with Crippen LogP contribution in [0.25, 0.3) is 0 Å². The molecule has 1 aromatic rings. The second-order valence-electron chi connectivity index (χ2n) is 5.38. The van der Waals surface area contributed by atoms with Crippen LogP contribution in [0, 0.1) is 0 Å². The summed E-state index contributed by atoms with van der Waals surface area (Å²) in [4.78, 5) is 27.1. The standard InChI is InChI=1S/C15H18N2O4S/c1-16(2)13(18)8-17-14(19)9-22-15(17)10-3-4-11-12(7-10)21-6-5-20-11/h3-4,7,15H,5-6,8-9H2,1-2H3/t15-/m0/s1. The molecule has 118 valence electrons. The fraction of sp³-hybridized carbons (Fsp3) is 0.467. The number of amides is 2. The van der Waals surface area contributed by atoms with Crippen LogP contribution in [-0.2, 0) is 9.59 Å². The number of benzene rings is 1. The van der Waals surface area contributed by atoms with Gasteiger partial charge in [0.25, 0.3) is 0 Å². The number of hydrogen-bond donors (Lipinski definition) is 0. The monoisotopic (exact) mass is 322 g/mol. The predicted molar refractivity (Wildman–Crippen MR) is 83.0 cm³/mol. The van der Waals surface area contributed by atoms with Crippen LogP contribution in [0.3, 0.4) is 0 Å². The molecule has 0 unspecified atom stereocenters. The Hall–Kier alpha value is -1.89. The molecule has 3 rings (SSSR count). The number of hydrogen-bond acceptors (Lipinski definition) is 5. The molecule has 1 saturated heterocycles. The first kappa shape index (κ1) is 15.0. The molecule has 1 aromatic carbocycles. The second kappa shape index (κ2) is 6.08. The molecule has 0 spiro atoms. The lowest BCUT2D eigenvalue weighted by molar-refractivity contribution is -0.137. The van der Waals surface area contributed by atoms with Gasteiger partial charge in [0.15, 0.2) is 11.5 Å². The van der Waals surface area contributed by atoms with Crippen LogP contribution in [0.15, 0.2) is 18.2 Å². The van der Waals surface area contributed by atoms with Crippen LogP contribution < -0.4 is 9.47 Å². The summed E-state index contributed by atoms with van der Waals surface area (Å²) in [6, 6.07) is 5.69. The fourth-order valence-electron chi connectivity index (χ4n) is 2.40. The fourth-order valence-corrected chi connectivity index (χ4v) is 3.58. The van der Waals surface area contributed by atoms with Crippen LogP contribution in [0.2, 0.25) is 0 Å². The molecule has 0 saturated carbocycles. The third-order valence-corrected chi connectivity index (χ3v) is 4.88. The molecule has 2 aliphatic heterocycles. The van der Waals surface area contributed by atoms with Gasteiger partial charge in [-0.25, -0.2) is 0 Å². The molecule has 2 aliphatic rings. The SMILES string of the molecule is CN(C)C(=O)CN1C(=O)CS[C@H]1c1ccc2c(c1)OCCO2. The molecule has 6 nitrogen and oxygen atoms in total. The largest absolute Gasteiger partial charge is 0.486 e. The van der Waals surface area contributed by atoms with Gasteiger partial charge in [0, 0.05) is 14.1 Å². The number of likely N-dealkylation sites (N-methyl/N-ethyl adjacent to an activating group) is 1. The first-order valence-corrected chi connectivity index (χ1v) is 8.12. The van der Waals surface area contributed by atoms with Gasteiger partial charge < -0.3 is 19.3 Å². The molecular formula is C15H18N2O4S. The van der Waals surface area contributed by atoms with Gasteiger partial charge in [-0.3, -0.25) is 9.59 Å². The highest BCUT2D eigenvalue weighted by Gasteiger charge is 2.35. The maximum Gasteiger partial charge on any atom is 0.241 e. The van der Waals surface area contributed by atoms with E-state index in [-0.39, 0.29) is 23.7 Å². The van der Waals surface area contributed by atoms with Gasteiger partial charge in [0.1, 0.15) is 25.1 Å². The van der Waals surface area contributed by atoms with E-state index in [0.717, 1.165) is 11.3 Å². The Morgan fingerprint density at radius 1 is 1.32 bits per heavy atom. The Kier molecular flexibility index (Phi) is 4.15. The Balaban J connectivity index is 1.83. The number of ether oxygens (including phenoxy) is 2. The van der Waals surface area contributed by atoms with Crippen molar-refractivity contribution in [2.24, 2.45) is 0 Å². The van der Waals surface area contributed by atoms with E-state index >= 15 is 0 Å². The van der Waals surface area contributed by atoms with Gasteiger partial charge in [0.2, 0.25) is 11.8 Å². The van der Waals surface area contributed by atoms with E-state index in [1.54, 1.807) is 19.0 Å². The van der Waals surface area contributed by atoms with Crippen molar-refractivity contribution in [2.75, 3.05) is 39.6 Å². The van der Waals surface area contributed by atoms with Gasteiger partial charge in [-0.2, -0.15) is 0 Å². The number of fused-ring (bicyclic) bond motifs is 1. The van der Waals surface area contributed by atoms with Gasteiger partial charge in [-0.15, -0.1) is 11.8 Å². The van der Waals surface area contributed by atoms with Crippen LogP contribution >= 0.6 is 11.8 Å². The van der Waals surface area contributed by atoms with Crippen molar-refractivity contribution in [3.05, 3.63) is 23.8 Å². The van der Waals surface area contributed by atoms with E-state index in [9.17, 15) is 9.59 Å². The maximum absolute atomic E-state index is 12.1. The summed E-state index contributed by atoms with van der Waals surface area (Å²) in [5.74, 6) is 1.71. The molecule has 1 atom stereocenters. The van der Waals surface area contributed by atoms with Crippen molar-refractivity contribution in [3.8, 4) is 11.5 Å². The average molecular weight is 322 g/mol. The first-order chi connectivity index (χ1) is 10.6. The van der Waals surface area contributed by atoms with E-state index in [4.69, 9.17) is 9.47 Å². The Bertz CT molecular complexity index is 605. The summed E-state index contributed by atoms with van der Waals surface area (Å²) in [6.07, 6.45) is 0. The van der Waals surface area contributed by atoms with E-state index < -0.39 is 0 Å². The van der Waals surface area contributed by atoms with Crippen molar-refractivity contribution in [1.29, 1.82) is 0 Å². The third kappa shape index (κ3) is 2.85. The summed E-state index contributed by atoms with van der Waals surface area (Å²) in [5, 5.41) is -0.160. The quantitative estimate of drug-likeness (QED) is 0.835. The molecule has 0 aromatic heterocycles. The number of rotatable bonds is 3. The molecule has 2 heterocycles. The minimum Gasteiger partial charge on any atom is -0.486 e. The highest BCUT2D eigenvalue weighted by molar-refractivity contribution is 8.00. The van der Waals surface area contributed by atoms with E-state index in [1.165, 1.54) is 16.7 Å². The minimum absolute atomic E-state index is 0.0138. The molecule has 1 fully saturated rings. The second-order valence-corrected chi connectivity index (χ2v) is 6.44. The third-order valence-electron chi connectivity index (χ3n) is 3.62. The minimum atomic E-state index is -0.160. The van der Waals surface area contributed by atoms with Crippen molar-refractivity contribution in [2.45, 2.75) is 5.37 Å². The van der Waals surface area contributed by atoms with Crippen LogP contribution in [0.5, 0.6) is 11.5 Å². The molecule has 0 bridgehead atoms. The zero-order chi connectivity index (χ0) is 15.7. The highest BCUT2D eigenvalue weighted by atomic mass is 32.2. The van der Waals surface area contributed by atoms with Crippen molar-refractivity contribution < 1.29 is 19.1 Å². The van der Waals surface area contributed by atoms with Crippen molar-refractivity contribution in [1.82, 2.24) is 9.80 Å². The Labute approximate surface area is 133 Å². The van der Waals surface area contributed by atoms with E-state index in [2.05, 4.69) is 0 Å².